The Bertz CT molecular complexity index is 451. The largest absolute Gasteiger partial charge is 0.392 e. The van der Waals surface area contributed by atoms with Gasteiger partial charge in [-0.05, 0) is 19.8 Å². The summed E-state index contributed by atoms with van der Waals surface area (Å²) in [4.78, 5) is 12.2. The molecule has 3 N–H and O–H groups in total. The molecule has 0 aliphatic heterocycles. The highest BCUT2D eigenvalue weighted by molar-refractivity contribution is 7.80. The summed E-state index contributed by atoms with van der Waals surface area (Å²) in [5.41, 5.74) is 4.97. The van der Waals surface area contributed by atoms with Gasteiger partial charge >= 0.3 is 0 Å². The fraction of sp³-hybridized carbons (Fsp3) is 0.600. The third-order valence-corrected chi connectivity index (χ3v) is 3.49. The molecule has 17 heavy (non-hydrogen) atoms. The van der Waals surface area contributed by atoms with E-state index >= 15 is 0 Å². The molecule has 0 saturated heterocycles. The Morgan fingerprint density at radius 3 is 2.94 bits per heavy atom. The summed E-state index contributed by atoms with van der Waals surface area (Å²) in [5, 5.41) is 10.5. The van der Waals surface area contributed by atoms with E-state index in [-0.39, 0.29) is 10.9 Å². The molecule has 1 heterocycles. The molecule has 1 saturated carbocycles. The Morgan fingerprint density at radius 1 is 1.71 bits per heavy atom. The first-order valence-corrected chi connectivity index (χ1v) is 5.96. The van der Waals surface area contributed by atoms with E-state index in [0.29, 0.717) is 6.54 Å². The zero-order chi connectivity index (χ0) is 12.5. The van der Waals surface area contributed by atoms with Crippen molar-refractivity contribution in [3.63, 3.8) is 0 Å². The number of nitrogens with one attached hydrogen (secondary N) is 1. The van der Waals surface area contributed by atoms with E-state index in [1.54, 1.807) is 6.33 Å². The molecule has 0 atom stereocenters. The van der Waals surface area contributed by atoms with Gasteiger partial charge in [-0.3, -0.25) is 4.79 Å². The smallest absolute Gasteiger partial charge is 0.233 e. The van der Waals surface area contributed by atoms with Crippen LogP contribution in [0.25, 0.3) is 0 Å². The van der Waals surface area contributed by atoms with Gasteiger partial charge in [0.2, 0.25) is 5.91 Å². The van der Waals surface area contributed by atoms with Gasteiger partial charge in [-0.2, -0.15) is 0 Å². The van der Waals surface area contributed by atoms with Crippen molar-refractivity contribution in [2.45, 2.75) is 32.9 Å². The van der Waals surface area contributed by atoms with Gasteiger partial charge in [0.15, 0.2) is 5.82 Å². The normalized spacial score (nSPS) is 16.5. The molecule has 0 radical (unpaired) electrons. The molecule has 1 aliphatic rings. The van der Waals surface area contributed by atoms with E-state index in [1.165, 1.54) is 0 Å². The van der Waals surface area contributed by atoms with Gasteiger partial charge in [-0.25, -0.2) is 0 Å². The third kappa shape index (κ3) is 2.14. The quantitative estimate of drug-likeness (QED) is 0.720. The maximum Gasteiger partial charge on any atom is 0.233 e. The van der Waals surface area contributed by atoms with E-state index in [1.807, 2.05) is 11.5 Å². The van der Waals surface area contributed by atoms with Crippen LogP contribution < -0.4 is 11.1 Å². The molecule has 0 spiro atoms. The standard InChI is InChI=1S/C10H15N5OS/c1-2-15-6-13-14-7(15)5-12-9(16)10(3-4-10)8(11)17/h6H,2-5H2,1H3,(H2,11,17)(H,12,16). The summed E-state index contributed by atoms with van der Waals surface area (Å²) in [6.07, 6.45) is 3.13. The molecule has 0 aromatic carbocycles. The van der Waals surface area contributed by atoms with Gasteiger partial charge < -0.3 is 15.6 Å². The number of hydrogen-bond donors (Lipinski definition) is 2. The van der Waals surface area contributed by atoms with Gasteiger partial charge in [0.05, 0.1) is 16.9 Å². The predicted molar refractivity (Wildman–Crippen MR) is 66.0 cm³/mol. The van der Waals surface area contributed by atoms with Crippen LogP contribution in [0.2, 0.25) is 0 Å². The fourth-order valence-electron chi connectivity index (χ4n) is 1.72. The molecule has 1 aromatic heterocycles. The van der Waals surface area contributed by atoms with Crippen molar-refractivity contribution in [1.29, 1.82) is 0 Å². The van der Waals surface area contributed by atoms with Crippen LogP contribution >= 0.6 is 12.2 Å². The number of rotatable bonds is 5. The molecule has 6 nitrogen and oxygen atoms in total. The number of nitrogens with zero attached hydrogens (tertiary/aromatic N) is 3. The maximum atomic E-state index is 11.9. The zero-order valence-electron chi connectivity index (χ0n) is 9.64. The van der Waals surface area contributed by atoms with E-state index in [9.17, 15) is 4.79 Å². The van der Waals surface area contributed by atoms with Gasteiger partial charge in [0.1, 0.15) is 6.33 Å². The van der Waals surface area contributed by atoms with E-state index in [4.69, 9.17) is 18.0 Å². The Balaban J connectivity index is 1.95. The Morgan fingerprint density at radius 2 is 2.41 bits per heavy atom. The molecule has 1 amide bonds. The van der Waals surface area contributed by atoms with Crippen LogP contribution in [-0.4, -0.2) is 25.7 Å². The summed E-state index contributed by atoms with van der Waals surface area (Å²) < 4.78 is 1.88. The first-order chi connectivity index (χ1) is 8.10. The summed E-state index contributed by atoms with van der Waals surface area (Å²) in [7, 11) is 0. The lowest BCUT2D eigenvalue weighted by Crippen LogP contribution is -2.39. The lowest BCUT2D eigenvalue weighted by Gasteiger charge is -2.13. The van der Waals surface area contributed by atoms with Crippen molar-refractivity contribution >= 4 is 23.1 Å². The van der Waals surface area contributed by atoms with Crippen LogP contribution in [-0.2, 0) is 17.9 Å². The van der Waals surface area contributed by atoms with Crippen LogP contribution in [0, 0.1) is 5.41 Å². The van der Waals surface area contributed by atoms with Crippen LogP contribution in [0.15, 0.2) is 6.33 Å². The van der Waals surface area contributed by atoms with Crippen molar-refractivity contribution in [3.8, 4) is 0 Å². The van der Waals surface area contributed by atoms with Crippen molar-refractivity contribution < 1.29 is 4.79 Å². The monoisotopic (exact) mass is 253 g/mol. The molecule has 92 valence electrons. The topological polar surface area (TPSA) is 85.8 Å². The first-order valence-electron chi connectivity index (χ1n) is 5.55. The summed E-state index contributed by atoms with van der Waals surface area (Å²) >= 11 is 4.92. The van der Waals surface area contributed by atoms with Crippen LogP contribution in [0.5, 0.6) is 0 Å². The average Bonchev–Trinajstić information content (AvgIpc) is 3.00. The minimum Gasteiger partial charge on any atom is -0.392 e. The molecular formula is C10H15N5OS. The zero-order valence-corrected chi connectivity index (χ0v) is 10.5. The number of carbonyl (C=O) groups excluding carboxylic acids is 1. The number of carbonyl (C=O) groups is 1. The second kappa shape index (κ2) is 4.40. The van der Waals surface area contributed by atoms with Crippen molar-refractivity contribution in [2.75, 3.05) is 0 Å². The van der Waals surface area contributed by atoms with E-state index in [2.05, 4.69) is 15.5 Å². The lowest BCUT2D eigenvalue weighted by atomic mass is 10.1. The highest BCUT2D eigenvalue weighted by Gasteiger charge is 2.52. The highest BCUT2D eigenvalue weighted by atomic mass is 32.1. The number of amides is 1. The van der Waals surface area contributed by atoms with E-state index < -0.39 is 5.41 Å². The van der Waals surface area contributed by atoms with Crippen molar-refractivity contribution in [3.05, 3.63) is 12.2 Å². The Hall–Kier alpha value is -1.50. The average molecular weight is 253 g/mol. The fourth-order valence-corrected chi connectivity index (χ4v) is 2.02. The summed E-state index contributed by atoms with van der Waals surface area (Å²) in [6.45, 7) is 3.13. The molecular weight excluding hydrogens is 238 g/mol. The number of hydrogen-bond acceptors (Lipinski definition) is 4. The molecule has 0 unspecified atom stereocenters. The molecule has 7 heteroatoms. The van der Waals surface area contributed by atoms with Crippen LogP contribution in [0.1, 0.15) is 25.6 Å². The predicted octanol–water partition coefficient (Wildman–Crippen LogP) is -0.0195. The molecule has 1 aliphatic carbocycles. The van der Waals surface area contributed by atoms with E-state index in [0.717, 1.165) is 25.2 Å². The molecule has 1 aromatic rings. The second-order valence-electron chi connectivity index (χ2n) is 4.16. The maximum absolute atomic E-state index is 11.9. The minimum absolute atomic E-state index is 0.101. The Kier molecular flexibility index (Phi) is 3.10. The number of thiocarbonyl (C=S) groups is 1. The third-order valence-electron chi connectivity index (χ3n) is 3.10. The van der Waals surface area contributed by atoms with Crippen LogP contribution in [0.3, 0.4) is 0 Å². The number of aryl methyl sites for hydroxylation is 1. The highest BCUT2D eigenvalue weighted by Crippen LogP contribution is 2.46. The summed E-state index contributed by atoms with van der Waals surface area (Å²) in [6, 6.07) is 0. The summed E-state index contributed by atoms with van der Waals surface area (Å²) in [5.74, 6) is 0.634. The molecule has 0 bridgehead atoms. The Labute approximate surface area is 105 Å². The van der Waals surface area contributed by atoms with Gasteiger partial charge in [0, 0.05) is 6.54 Å². The first kappa shape index (κ1) is 12.0. The minimum atomic E-state index is -0.605. The number of aromatic nitrogens is 3. The molecule has 1 fully saturated rings. The van der Waals surface area contributed by atoms with Crippen molar-refractivity contribution in [1.82, 2.24) is 20.1 Å². The second-order valence-corrected chi connectivity index (χ2v) is 4.60. The van der Waals surface area contributed by atoms with Crippen LogP contribution in [0.4, 0.5) is 0 Å². The van der Waals surface area contributed by atoms with Gasteiger partial charge in [-0.15, -0.1) is 10.2 Å². The van der Waals surface area contributed by atoms with Crippen molar-refractivity contribution in [2.24, 2.45) is 11.1 Å². The van der Waals surface area contributed by atoms with Gasteiger partial charge in [0.25, 0.3) is 0 Å². The van der Waals surface area contributed by atoms with Gasteiger partial charge in [-0.1, -0.05) is 12.2 Å². The number of nitrogens with two attached hydrogens (primary N) is 1. The lowest BCUT2D eigenvalue weighted by molar-refractivity contribution is -0.124. The SMILES string of the molecule is CCn1cnnc1CNC(=O)C1(C(N)=S)CC1. The molecule has 2 rings (SSSR count).